The van der Waals surface area contributed by atoms with Gasteiger partial charge in [0.2, 0.25) is 5.95 Å². The molecule has 3 aromatic rings. The SMILES string of the molecule is CP(C)(=O)c1cc(OC(F)(F)F)ccc1Nc1nc(Nc2ccc3c(c2)CC[C@@H](N2CC4CC2C4)CC3)ncc1Cl. The van der Waals surface area contributed by atoms with Gasteiger partial charge < -0.3 is 19.9 Å². The van der Waals surface area contributed by atoms with Gasteiger partial charge in [-0.1, -0.05) is 17.7 Å². The van der Waals surface area contributed by atoms with E-state index in [0.717, 1.165) is 42.6 Å². The molecule has 2 aromatic carbocycles. The molecule has 7 nitrogen and oxygen atoms in total. The number of benzene rings is 2. The van der Waals surface area contributed by atoms with Crippen molar-refractivity contribution >= 4 is 47.2 Å². The lowest BCUT2D eigenvalue weighted by Gasteiger charge is -2.32. The number of fused-ring (bicyclic) bond motifs is 2. The Morgan fingerprint density at radius 3 is 2.46 bits per heavy atom. The molecule has 12 heteroatoms. The molecule has 0 spiro atoms. The Morgan fingerprint density at radius 2 is 1.78 bits per heavy atom. The quantitative estimate of drug-likeness (QED) is 0.220. The van der Waals surface area contributed by atoms with Crippen LogP contribution in [0.25, 0.3) is 0 Å². The van der Waals surface area contributed by atoms with E-state index < -0.39 is 19.3 Å². The van der Waals surface area contributed by atoms with Crippen molar-refractivity contribution in [2.75, 3.05) is 30.5 Å². The van der Waals surface area contributed by atoms with Gasteiger partial charge in [-0.25, -0.2) is 4.98 Å². The molecule has 1 aromatic heterocycles. The summed E-state index contributed by atoms with van der Waals surface area (Å²) in [5.74, 6) is 0.993. The van der Waals surface area contributed by atoms with Gasteiger partial charge in [0, 0.05) is 29.6 Å². The Hall–Kier alpha value is -2.81. The summed E-state index contributed by atoms with van der Waals surface area (Å²) >= 11 is 6.37. The van der Waals surface area contributed by atoms with E-state index >= 15 is 0 Å². The Morgan fingerprint density at radius 1 is 1.02 bits per heavy atom. The summed E-state index contributed by atoms with van der Waals surface area (Å²) in [6.45, 7) is 4.20. The van der Waals surface area contributed by atoms with Gasteiger partial charge in [-0.2, -0.15) is 4.98 Å². The maximum absolute atomic E-state index is 12.9. The van der Waals surface area contributed by atoms with Gasteiger partial charge in [-0.3, -0.25) is 4.90 Å². The van der Waals surface area contributed by atoms with Crippen LogP contribution in [0.4, 0.5) is 36.3 Å². The maximum atomic E-state index is 12.9. The van der Waals surface area contributed by atoms with Crippen LogP contribution in [0, 0.1) is 5.92 Å². The normalized spacial score (nSPS) is 22.4. The Bertz CT molecular complexity index is 1510. The van der Waals surface area contributed by atoms with E-state index in [0.29, 0.717) is 17.7 Å². The van der Waals surface area contributed by atoms with Crippen LogP contribution < -0.4 is 20.7 Å². The molecule has 2 aliphatic heterocycles. The lowest BCUT2D eigenvalue weighted by Crippen LogP contribution is -2.37. The fourth-order valence-corrected chi connectivity index (χ4v) is 7.63. The van der Waals surface area contributed by atoms with Gasteiger partial charge >= 0.3 is 6.36 Å². The van der Waals surface area contributed by atoms with Crippen molar-refractivity contribution in [3.05, 3.63) is 58.7 Å². The lowest BCUT2D eigenvalue weighted by molar-refractivity contribution is -0.274. The Labute approximate surface area is 242 Å². The second-order valence-corrected chi connectivity index (χ2v) is 15.2. The van der Waals surface area contributed by atoms with Gasteiger partial charge in [-0.15, -0.1) is 13.2 Å². The topological polar surface area (TPSA) is 79.4 Å². The number of aromatic nitrogens is 2. The van der Waals surface area contributed by atoms with Crippen LogP contribution in [0.1, 0.15) is 36.8 Å². The number of hydrogen-bond acceptors (Lipinski definition) is 7. The molecule has 0 amide bonds. The van der Waals surface area contributed by atoms with Crippen LogP contribution in [-0.2, 0) is 17.4 Å². The molecule has 0 unspecified atom stereocenters. The predicted octanol–water partition coefficient (Wildman–Crippen LogP) is 7.11. The number of ether oxygens (including phenoxy) is 1. The molecule has 0 radical (unpaired) electrons. The van der Waals surface area contributed by atoms with Crippen molar-refractivity contribution < 1.29 is 22.5 Å². The van der Waals surface area contributed by atoms with Crippen LogP contribution in [0.2, 0.25) is 5.02 Å². The first kappa shape index (κ1) is 28.3. The van der Waals surface area contributed by atoms with E-state index in [9.17, 15) is 17.7 Å². The molecule has 41 heavy (non-hydrogen) atoms. The number of anilines is 4. The molecule has 2 bridgehead atoms. The summed E-state index contributed by atoms with van der Waals surface area (Å²) in [6, 6.07) is 11.5. The second-order valence-electron chi connectivity index (χ2n) is 11.6. The number of rotatable bonds is 7. The number of halogens is 4. The third-order valence-electron chi connectivity index (χ3n) is 8.35. The first-order valence-corrected chi connectivity index (χ1v) is 16.8. The summed E-state index contributed by atoms with van der Waals surface area (Å²) < 4.78 is 55.2. The molecular formula is C29H32ClF3N5O2P. The number of nitrogens with one attached hydrogen (secondary N) is 2. The number of alkyl halides is 3. The van der Waals surface area contributed by atoms with Crippen molar-refractivity contribution in [3.63, 3.8) is 0 Å². The van der Waals surface area contributed by atoms with E-state index in [-0.39, 0.29) is 16.1 Å². The lowest BCUT2D eigenvalue weighted by atomic mass is 9.86. The van der Waals surface area contributed by atoms with Gasteiger partial charge in [0.25, 0.3) is 0 Å². The van der Waals surface area contributed by atoms with Gasteiger partial charge in [0.1, 0.15) is 17.9 Å². The Kier molecular flexibility index (Phi) is 7.45. The summed E-state index contributed by atoms with van der Waals surface area (Å²) in [6.07, 6.45) is 3.81. The highest BCUT2D eigenvalue weighted by Gasteiger charge is 2.45. The zero-order valence-electron chi connectivity index (χ0n) is 22.8. The summed E-state index contributed by atoms with van der Waals surface area (Å²) in [5, 5.41) is 6.66. The van der Waals surface area contributed by atoms with E-state index in [1.165, 1.54) is 68.9 Å². The molecular weight excluding hydrogens is 574 g/mol. The predicted molar refractivity (Wildman–Crippen MR) is 156 cm³/mol. The first-order valence-electron chi connectivity index (χ1n) is 13.8. The van der Waals surface area contributed by atoms with Gasteiger partial charge in [0.05, 0.1) is 11.9 Å². The summed E-state index contributed by atoms with van der Waals surface area (Å²) in [7, 11) is -3.01. The molecule has 2 N–H and O–H groups in total. The molecule has 3 heterocycles. The van der Waals surface area contributed by atoms with Crippen molar-refractivity contribution in [2.24, 2.45) is 5.92 Å². The molecule has 1 saturated carbocycles. The highest BCUT2D eigenvalue weighted by atomic mass is 35.5. The molecule has 218 valence electrons. The fraction of sp³-hybridized carbons (Fsp3) is 0.448. The Balaban J connectivity index is 1.18. The number of aryl methyl sites for hydroxylation is 2. The van der Waals surface area contributed by atoms with Crippen molar-refractivity contribution in [3.8, 4) is 5.75 Å². The third kappa shape index (κ3) is 6.35. The smallest absolute Gasteiger partial charge is 0.406 e. The van der Waals surface area contributed by atoms with E-state index in [4.69, 9.17) is 11.6 Å². The monoisotopic (exact) mass is 605 g/mol. The van der Waals surface area contributed by atoms with E-state index in [1.54, 1.807) is 0 Å². The number of nitrogens with zero attached hydrogens (tertiary/aromatic N) is 3. The van der Waals surface area contributed by atoms with Gasteiger partial charge in [0.15, 0.2) is 5.82 Å². The van der Waals surface area contributed by atoms with Crippen molar-refractivity contribution in [1.29, 1.82) is 0 Å². The molecule has 1 atom stereocenters. The first-order chi connectivity index (χ1) is 19.4. The molecule has 2 aliphatic carbocycles. The summed E-state index contributed by atoms with van der Waals surface area (Å²) in [5.41, 5.74) is 3.90. The highest BCUT2D eigenvalue weighted by molar-refractivity contribution is 7.70. The molecule has 7 rings (SSSR count). The van der Waals surface area contributed by atoms with Crippen molar-refractivity contribution in [2.45, 2.75) is 57.0 Å². The second kappa shape index (κ2) is 10.8. The molecule has 3 fully saturated rings. The zero-order valence-corrected chi connectivity index (χ0v) is 24.5. The van der Waals surface area contributed by atoms with Gasteiger partial charge in [-0.05, 0) is 99.2 Å². The van der Waals surface area contributed by atoms with Crippen molar-refractivity contribution in [1.82, 2.24) is 14.9 Å². The van der Waals surface area contributed by atoms with E-state index in [2.05, 4.69) is 42.4 Å². The van der Waals surface area contributed by atoms with E-state index in [1.807, 2.05) is 6.07 Å². The fourth-order valence-electron chi connectivity index (χ4n) is 6.35. The average molecular weight is 606 g/mol. The molecule has 2 saturated heterocycles. The van der Waals surface area contributed by atoms with Crippen LogP contribution in [-0.4, -0.2) is 53.2 Å². The standard InChI is InChI=1S/C29H32ClF3N5O2P/c1-41(2,39)26-14-23(40-29(31,32)33)9-10-25(26)36-27-24(30)15-34-28(37-27)35-20-6-3-18-4-7-21(8-5-19(18)13-20)38-16-17-11-22(38)12-17/h3,6,9-10,13-15,17,21-22H,4-5,7-8,11-12,16H2,1-2H3,(H2,34,35,36,37)/t17?,21-,22?/m0/s1. The minimum Gasteiger partial charge on any atom is -0.406 e. The minimum atomic E-state index is -4.86. The highest BCUT2D eigenvalue weighted by Crippen LogP contribution is 2.44. The van der Waals surface area contributed by atoms with Crippen LogP contribution >= 0.6 is 18.7 Å². The average Bonchev–Trinajstić information content (AvgIpc) is 3.41. The van der Waals surface area contributed by atoms with Crippen LogP contribution in [0.15, 0.2) is 42.6 Å². The molecule has 4 aliphatic rings. The summed E-state index contributed by atoms with van der Waals surface area (Å²) in [4.78, 5) is 11.6. The third-order valence-corrected chi connectivity index (χ3v) is 10.2. The largest absolute Gasteiger partial charge is 0.573 e. The number of hydrogen-bond donors (Lipinski definition) is 2. The zero-order chi connectivity index (χ0) is 28.9. The minimum absolute atomic E-state index is 0.179. The maximum Gasteiger partial charge on any atom is 0.573 e. The van der Waals surface area contributed by atoms with Crippen LogP contribution in [0.3, 0.4) is 0 Å². The van der Waals surface area contributed by atoms with Crippen LogP contribution in [0.5, 0.6) is 5.75 Å².